The van der Waals surface area contributed by atoms with E-state index in [1.54, 1.807) is 0 Å². The summed E-state index contributed by atoms with van der Waals surface area (Å²) in [6, 6.07) is -0.716. The van der Waals surface area contributed by atoms with Gasteiger partial charge in [0.15, 0.2) is 6.29 Å². The summed E-state index contributed by atoms with van der Waals surface area (Å²) < 4.78 is 11.4. The van der Waals surface area contributed by atoms with E-state index in [4.69, 9.17) is 9.47 Å². The van der Waals surface area contributed by atoms with Crippen LogP contribution in [0.2, 0.25) is 0 Å². The monoisotopic (exact) mass is 1110 g/mol. The zero-order valence-electron chi connectivity index (χ0n) is 52.0. The molecule has 0 aromatic carbocycles. The Balaban J connectivity index is 2.07. The minimum absolute atomic E-state index is 0.132. The zero-order valence-corrected chi connectivity index (χ0v) is 52.0. The molecule has 9 heteroatoms. The average Bonchev–Trinajstić information content (AvgIpc) is 3.45. The normalized spacial score (nSPS) is 18.6. The van der Waals surface area contributed by atoms with Gasteiger partial charge in [-0.2, -0.15) is 0 Å². The number of carbonyl (C=O) groups excluding carboxylic acids is 1. The van der Waals surface area contributed by atoms with Crippen molar-refractivity contribution in [2.75, 3.05) is 13.2 Å². The molecule has 1 aliphatic rings. The molecule has 464 valence electrons. The maximum atomic E-state index is 13.1. The first-order valence-corrected chi connectivity index (χ1v) is 34.9. The van der Waals surface area contributed by atoms with Gasteiger partial charge in [0.25, 0.3) is 0 Å². The number of hydrogen-bond donors (Lipinski definition) is 6. The number of aliphatic hydroxyl groups is 5. The van der Waals surface area contributed by atoms with Gasteiger partial charge in [0.2, 0.25) is 5.91 Å². The highest BCUT2D eigenvalue weighted by molar-refractivity contribution is 5.76. The van der Waals surface area contributed by atoms with E-state index in [2.05, 4.69) is 31.3 Å². The molecule has 0 aliphatic carbocycles. The second kappa shape index (κ2) is 59.1. The van der Waals surface area contributed by atoms with Crippen LogP contribution in [0.5, 0.6) is 0 Å². The molecule has 0 aromatic heterocycles. The van der Waals surface area contributed by atoms with Gasteiger partial charge < -0.3 is 40.3 Å². The highest BCUT2D eigenvalue weighted by Gasteiger charge is 2.44. The van der Waals surface area contributed by atoms with E-state index in [1.165, 1.54) is 302 Å². The van der Waals surface area contributed by atoms with Crippen LogP contribution in [0.3, 0.4) is 0 Å². The molecule has 9 nitrogen and oxygen atoms in total. The standard InChI is InChI=1S/C69H135NO8/c1-3-5-7-9-11-13-15-17-19-21-23-25-26-27-28-29-30-31-32-33-34-35-36-37-38-39-41-43-45-47-49-51-53-55-57-59-65(73)70-62(61-77-69-68(76)67(75)66(74)64(60-71)78-69)63(72)58-56-54-52-50-48-46-44-42-40-24-22-20-18-16-14-12-10-8-6-4-2/h29-30,62-64,66-69,71-72,74-76H,3-28,31-61H2,1-2H3,(H,70,73)/b30-29-. The summed E-state index contributed by atoms with van der Waals surface area (Å²) in [4.78, 5) is 13.1. The molecule has 0 spiro atoms. The van der Waals surface area contributed by atoms with Crippen molar-refractivity contribution in [3.63, 3.8) is 0 Å². The Morgan fingerprint density at radius 3 is 1.04 bits per heavy atom. The third-order valence-corrected chi connectivity index (χ3v) is 17.1. The lowest BCUT2D eigenvalue weighted by Gasteiger charge is -2.40. The maximum absolute atomic E-state index is 13.1. The highest BCUT2D eigenvalue weighted by Crippen LogP contribution is 2.24. The molecule has 1 fully saturated rings. The minimum atomic E-state index is -1.55. The van der Waals surface area contributed by atoms with Crippen LogP contribution in [-0.4, -0.2) is 87.5 Å². The highest BCUT2D eigenvalue weighted by atomic mass is 16.7. The van der Waals surface area contributed by atoms with Crippen molar-refractivity contribution in [3.8, 4) is 0 Å². The number of ether oxygens (including phenoxy) is 2. The van der Waals surface area contributed by atoms with Crippen LogP contribution in [0.4, 0.5) is 0 Å². The van der Waals surface area contributed by atoms with Crippen LogP contribution in [0.1, 0.15) is 367 Å². The topological polar surface area (TPSA) is 149 Å². The predicted octanol–water partition coefficient (Wildman–Crippen LogP) is 18.7. The summed E-state index contributed by atoms with van der Waals surface area (Å²) in [6.07, 6.45) is 68.6. The molecule has 6 N–H and O–H groups in total. The molecule has 78 heavy (non-hydrogen) atoms. The fourth-order valence-corrected chi connectivity index (χ4v) is 11.6. The van der Waals surface area contributed by atoms with Crippen molar-refractivity contribution in [2.45, 2.75) is 410 Å². The number of unbranched alkanes of at least 4 members (excludes halogenated alkanes) is 50. The van der Waals surface area contributed by atoms with Crippen LogP contribution in [0, 0.1) is 0 Å². The van der Waals surface area contributed by atoms with Gasteiger partial charge in [0.1, 0.15) is 24.4 Å². The fourth-order valence-electron chi connectivity index (χ4n) is 11.6. The molecule has 0 bridgehead atoms. The zero-order chi connectivity index (χ0) is 56.5. The molecule has 1 rings (SSSR count). The quantitative estimate of drug-likeness (QED) is 0.0261. The summed E-state index contributed by atoms with van der Waals surface area (Å²) in [7, 11) is 0. The van der Waals surface area contributed by atoms with Crippen LogP contribution in [0.15, 0.2) is 12.2 Å². The average molecular weight is 1110 g/mol. The van der Waals surface area contributed by atoms with Crippen molar-refractivity contribution in [3.05, 3.63) is 12.2 Å². The van der Waals surface area contributed by atoms with Gasteiger partial charge in [-0.15, -0.1) is 0 Å². The first-order valence-electron chi connectivity index (χ1n) is 34.9. The lowest BCUT2D eigenvalue weighted by molar-refractivity contribution is -0.302. The Morgan fingerprint density at radius 2 is 0.718 bits per heavy atom. The first-order chi connectivity index (χ1) is 38.3. The molecular weight excluding hydrogens is 971 g/mol. The van der Waals surface area contributed by atoms with Gasteiger partial charge in [-0.25, -0.2) is 0 Å². The SMILES string of the molecule is CCCCCCCCCCCCCCCC/C=C\CCCCCCCCCCCCCCCCCCCC(=O)NC(COC1OC(CO)C(O)C(O)C1O)C(O)CCCCCCCCCCCCCCCCCCCCCC. The lowest BCUT2D eigenvalue weighted by Crippen LogP contribution is -2.60. The summed E-state index contributed by atoms with van der Waals surface area (Å²) in [5, 5.41) is 54.9. The summed E-state index contributed by atoms with van der Waals surface area (Å²) in [6.45, 7) is 3.90. The van der Waals surface area contributed by atoms with Gasteiger partial charge in [0, 0.05) is 6.42 Å². The molecule has 0 radical (unpaired) electrons. The molecule has 1 heterocycles. The van der Waals surface area contributed by atoms with Crippen LogP contribution in [-0.2, 0) is 14.3 Å². The smallest absolute Gasteiger partial charge is 0.220 e. The largest absolute Gasteiger partial charge is 0.394 e. The Bertz CT molecular complexity index is 1240. The first kappa shape index (κ1) is 74.9. The summed E-state index contributed by atoms with van der Waals surface area (Å²) in [5.41, 5.74) is 0. The van der Waals surface area contributed by atoms with Crippen molar-refractivity contribution in [1.29, 1.82) is 0 Å². The van der Waals surface area contributed by atoms with E-state index in [9.17, 15) is 30.3 Å². The maximum Gasteiger partial charge on any atom is 0.220 e. The number of amides is 1. The minimum Gasteiger partial charge on any atom is -0.394 e. The van der Waals surface area contributed by atoms with Crippen molar-refractivity contribution in [1.82, 2.24) is 5.32 Å². The van der Waals surface area contributed by atoms with Crippen LogP contribution < -0.4 is 5.32 Å². The molecule has 0 saturated carbocycles. The fraction of sp³-hybridized carbons (Fsp3) is 0.957. The van der Waals surface area contributed by atoms with Gasteiger partial charge in [-0.1, -0.05) is 334 Å². The molecule has 1 saturated heterocycles. The van der Waals surface area contributed by atoms with Crippen LogP contribution >= 0.6 is 0 Å². The Hall–Kier alpha value is -1.07. The van der Waals surface area contributed by atoms with E-state index in [0.717, 1.165) is 38.5 Å². The van der Waals surface area contributed by atoms with E-state index in [-0.39, 0.29) is 12.5 Å². The Kier molecular flexibility index (Phi) is 56.8. The summed E-state index contributed by atoms with van der Waals surface area (Å²) >= 11 is 0. The number of allylic oxidation sites excluding steroid dienone is 2. The second-order valence-corrected chi connectivity index (χ2v) is 24.7. The number of hydrogen-bond acceptors (Lipinski definition) is 8. The number of rotatable bonds is 62. The van der Waals surface area contributed by atoms with Crippen molar-refractivity contribution >= 4 is 5.91 Å². The van der Waals surface area contributed by atoms with Gasteiger partial charge in [0.05, 0.1) is 25.4 Å². The summed E-state index contributed by atoms with van der Waals surface area (Å²) in [5.74, 6) is -0.136. The van der Waals surface area contributed by atoms with E-state index in [0.29, 0.717) is 12.8 Å². The van der Waals surface area contributed by atoms with E-state index < -0.39 is 49.5 Å². The third-order valence-electron chi connectivity index (χ3n) is 17.1. The molecule has 7 unspecified atom stereocenters. The van der Waals surface area contributed by atoms with Crippen molar-refractivity contribution < 1.29 is 39.8 Å². The molecule has 1 amide bonds. The third kappa shape index (κ3) is 47.4. The van der Waals surface area contributed by atoms with Gasteiger partial charge in [-0.3, -0.25) is 4.79 Å². The van der Waals surface area contributed by atoms with E-state index >= 15 is 0 Å². The molecule has 1 aliphatic heterocycles. The predicted molar refractivity (Wildman–Crippen MR) is 332 cm³/mol. The van der Waals surface area contributed by atoms with Gasteiger partial charge >= 0.3 is 0 Å². The van der Waals surface area contributed by atoms with Gasteiger partial charge in [-0.05, 0) is 38.5 Å². The second-order valence-electron chi connectivity index (χ2n) is 24.7. The Labute approximate surface area is 484 Å². The molecule has 7 atom stereocenters. The van der Waals surface area contributed by atoms with Crippen LogP contribution in [0.25, 0.3) is 0 Å². The number of aliphatic hydroxyl groups excluding tert-OH is 5. The number of carbonyl (C=O) groups is 1. The van der Waals surface area contributed by atoms with Crippen molar-refractivity contribution in [2.24, 2.45) is 0 Å². The lowest BCUT2D eigenvalue weighted by atomic mass is 9.99. The number of nitrogens with one attached hydrogen (secondary N) is 1. The van der Waals surface area contributed by atoms with E-state index in [1.807, 2.05) is 0 Å². The Morgan fingerprint density at radius 1 is 0.423 bits per heavy atom. The molecule has 0 aromatic rings. The molecular formula is C69H135NO8.